The van der Waals surface area contributed by atoms with Crippen LogP contribution in [0.5, 0.6) is 0 Å². The molecule has 0 bridgehead atoms. The number of ether oxygens (including phenoxy) is 5. The number of hydrogen-bond donors (Lipinski definition) is 0. The molecule has 0 aliphatic carbocycles. The Morgan fingerprint density at radius 2 is 1.42 bits per heavy atom. The molecule has 4 aliphatic heterocycles. The highest BCUT2D eigenvalue weighted by Crippen LogP contribution is 2.46. The van der Waals surface area contributed by atoms with Gasteiger partial charge in [0, 0.05) is 11.6 Å². The van der Waals surface area contributed by atoms with Crippen LogP contribution in [0.4, 0.5) is 10.5 Å². The van der Waals surface area contributed by atoms with E-state index in [-0.39, 0.29) is 18.9 Å². The Kier molecular flexibility index (Phi) is 6.29. The van der Waals surface area contributed by atoms with Crippen LogP contribution in [0, 0.1) is 0 Å². The Bertz CT molecular complexity index is 1220. The van der Waals surface area contributed by atoms with Crippen molar-refractivity contribution in [3.63, 3.8) is 0 Å². The van der Waals surface area contributed by atoms with E-state index in [1.807, 2.05) is 58.0 Å². The molecule has 0 saturated carbocycles. The number of fused-ring (bicyclic) bond motifs is 3. The van der Waals surface area contributed by atoms with E-state index in [1.165, 1.54) is 4.90 Å². The SMILES string of the molecule is CC1(C)O[C@@H]2[C@H](O1)[C@H]1OC(C)(C)O[C@H]1O[C@@H]2[C@H]1CC(=O)N(c2ccc(Cl)cc2)C(=O)N1Cc1ccccc1. The number of carbonyl (C=O) groups is 2. The van der Waals surface area contributed by atoms with Crippen LogP contribution in [0.1, 0.15) is 39.7 Å². The van der Waals surface area contributed by atoms with Gasteiger partial charge in [0.25, 0.3) is 0 Å². The first-order valence-corrected chi connectivity index (χ1v) is 13.2. The fourth-order valence-corrected chi connectivity index (χ4v) is 5.94. The van der Waals surface area contributed by atoms with Crippen LogP contribution < -0.4 is 4.90 Å². The van der Waals surface area contributed by atoms with Crippen molar-refractivity contribution in [1.29, 1.82) is 0 Å². The number of hydrogen-bond acceptors (Lipinski definition) is 7. The Morgan fingerprint density at radius 3 is 2.11 bits per heavy atom. The van der Waals surface area contributed by atoms with E-state index in [0.29, 0.717) is 10.7 Å². The van der Waals surface area contributed by atoms with Gasteiger partial charge >= 0.3 is 6.03 Å². The summed E-state index contributed by atoms with van der Waals surface area (Å²) in [5.41, 5.74) is 1.38. The number of anilines is 1. The van der Waals surface area contributed by atoms with E-state index in [2.05, 4.69) is 0 Å². The number of urea groups is 1. The lowest BCUT2D eigenvalue weighted by atomic mass is 9.90. The molecule has 6 atom stereocenters. The molecule has 6 rings (SSSR count). The van der Waals surface area contributed by atoms with Gasteiger partial charge in [0.1, 0.15) is 24.4 Å². The molecule has 0 radical (unpaired) electrons. The lowest BCUT2D eigenvalue weighted by molar-refractivity contribution is -0.245. The molecule has 2 aromatic carbocycles. The maximum absolute atomic E-state index is 14.0. The highest BCUT2D eigenvalue weighted by Gasteiger charge is 2.63. The summed E-state index contributed by atoms with van der Waals surface area (Å²) in [4.78, 5) is 30.5. The van der Waals surface area contributed by atoms with Crippen LogP contribution in [0.15, 0.2) is 54.6 Å². The fraction of sp³-hybridized carbons (Fsp3) is 0.500. The number of carbonyl (C=O) groups excluding carboxylic acids is 2. The minimum Gasteiger partial charge on any atom is -0.342 e. The smallest absolute Gasteiger partial charge is 0.332 e. The minimum absolute atomic E-state index is 0.0283. The number of amides is 3. The highest BCUT2D eigenvalue weighted by atomic mass is 35.5. The molecule has 4 heterocycles. The van der Waals surface area contributed by atoms with Crippen LogP contribution in [0.2, 0.25) is 5.02 Å². The van der Waals surface area contributed by atoms with Gasteiger partial charge in [-0.1, -0.05) is 41.9 Å². The van der Waals surface area contributed by atoms with E-state index in [1.54, 1.807) is 29.2 Å². The van der Waals surface area contributed by atoms with Crippen LogP contribution in [0.3, 0.4) is 0 Å². The van der Waals surface area contributed by atoms with Gasteiger partial charge in [-0.25, -0.2) is 9.69 Å². The summed E-state index contributed by atoms with van der Waals surface area (Å²) < 4.78 is 31.3. The van der Waals surface area contributed by atoms with Gasteiger partial charge in [0.2, 0.25) is 5.91 Å². The highest BCUT2D eigenvalue weighted by molar-refractivity contribution is 6.30. The maximum Gasteiger partial charge on any atom is 0.332 e. The molecule has 3 amide bonds. The lowest BCUT2D eigenvalue weighted by Crippen LogP contribution is -2.66. The summed E-state index contributed by atoms with van der Waals surface area (Å²) in [6.07, 6.45) is -2.96. The minimum atomic E-state index is -0.899. The number of nitrogens with zero attached hydrogens (tertiary/aromatic N) is 2. The normalized spacial score (nSPS) is 33.8. The first-order chi connectivity index (χ1) is 18.0. The molecule has 0 spiro atoms. The van der Waals surface area contributed by atoms with Crippen LogP contribution in [-0.4, -0.2) is 65.2 Å². The number of benzene rings is 2. The molecule has 4 saturated heterocycles. The van der Waals surface area contributed by atoms with Gasteiger partial charge in [-0.2, -0.15) is 0 Å². The third-order valence-corrected chi connectivity index (χ3v) is 7.57. The van der Waals surface area contributed by atoms with Crippen LogP contribution >= 0.6 is 11.6 Å². The summed E-state index contributed by atoms with van der Waals surface area (Å²) in [6, 6.07) is 15.2. The van der Waals surface area contributed by atoms with Crippen LogP contribution in [-0.2, 0) is 35.0 Å². The summed E-state index contributed by atoms with van der Waals surface area (Å²) in [5.74, 6) is -2.11. The second-order valence-corrected chi connectivity index (χ2v) is 11.4. The Morgan fingerprint density at radius 1 is 0.816 bits per heavy atom. The zero-order valence-corrected chi connectivity index (χ0v) is 22.5. The zero-order valence-electron chi connectivity index (χ0n) is 21.7. The summed E-state index contributed by atoms with van der Waals surface area (Å²) in [5, 5.41) is 0.517. The van der Waals surface area contributed by atoms with E-state index in [9.17, 15) is 9.59 Å². The van der Waals surface area contributed by atoms with Crippen molar-refractivity contribution in [2.24, 2.45) is 0 Å². The standard InChI is InChI=1S/C28H31ClN2O7/c1-27(2)35-22-21(34-25-24(23(22)36-27)37-28(3,4)38-25)19-14-20(32)31(18-12-10-17(29)11-13-18)26(33)30(19)15-16-8-6-5-7-9-16/h5-13,19,21-25H,14-15H2,1-4H3/t19-,21-,22+,23+,24-,25-/m1/s1. The Balaban J connectivity index is 1.37. The molecule has 2 aromatic rings. The van der Waals surface area contributed by atoms with Crippen molar-refractivity contribution >= 4 is 29.2 Å². The van der Waals surface area contributed by atoms with E-state index >= 15 is 0 Å². The summed E-state index contributed by atoms with van der Waals surface area (Å²) in [6.45, 7) is 7.58. The molecule has 0 unspecified atom stereocenters. The molecule has 38 heavy (non-hydrogen) atoms. The quantitative estimate of drug-likeness (QED) is 0.563. The van der Waals surface area contributed by atoms with Crippen molar-refractivity contribution in [3.8, 4) is 0 Å². The van der Waals surface area contributed by atoms with Gasteiger partial charge in [0.05, 0.1) is 18.2 Å². The van der Waals surface area contributed by atoms with Gasteiger partial charge in [-0.05, 0) is 57.5 Å². The van der Waals surface area contributed by atoms with Crippen LogP contribution in [0.25, 0.3) is 0 Å². The lowest BCUT2D eigenvalue weighted by Gasteiger charge is -2.47. The second kappa shape index (κ2) is 9.29. The fourth-order valence-electron chi connectivity index (χ4n) is 5.81. The first kappa shape index (κ1) is 25.7. The van der Waals surface area contributed by atoms with Gasteiger partial charge in [-0.15, -0.1) is 0 Å². The molecular weight excluding hydrogens is 512 g/mol. The number of imide groups is 1. The molecule has 4 fully saturated rings. The zero-order chi connectivity index (χ0) is 26.8. The van der Waals surface area contributed by atoms with Gasteiger partial charge in [-0.3, -0.25) is 4.79 Å². The van der Waals surface area contributed by atoms with Crippen molar-refractivity contribution in [3.05, 3.63) is 65.2 Å². The Hall–Kier alpha value is -2.53. The molecule has 4 aliphatic rings. The predicted octanol–water partition coefficient (Wildman–Crippen LogP) is 4.46. The molecular formula is C28H31ClN2O7. The molecule has 202 valence electrons. The van der Waals surface area contributed by atoms with E-state index in [0.717, 1.165) is 5.56 Å². The van der Waals surface area contributed by atoms with Crippen molar-refractivity contribution in [1.82, 2.24) is 4.90 Å². The van der Waals surface area contributed by atoms with Crippen molar-refractivity contribution < 1.29 is 33.3 Å². The molecule has 0 N–H and O–H groups in total. The third-order valence-electron chi connectivity index (χ3n) is 7.32. The molecule has 10 heteroatoms. The molecule has 9 nitrogen and oxygen atoms in total. The second-order valence-electron chi connectivity index (χ2n) is 11.0. The third kappa shape index (κ3) is 4.61. The predicted molar refractivity (Wildman–Crippen MR) is 137 cm³/mol. The average Bonchev–Trinajstić information content (AvgIpc) is 3.36. The van der Waals surface area contributed by atoms with Crippen molar-refractivity contribution in [2.75, 3.05) is 4.90 Å². The van der Waals surface area contributed by atoms with Gasteiger partial charge < -0.3 is 28.6 Å². The first-order valence-electron chi connectivity index (χ1n) is 12.8. The Labute approximate surface area is 226 Å². The topological polar surface area (TPSA) is 86.8 Å². The van der Waals surface area contributed by atoms with Gasteiger partial charge in [0.15, 0.2) is 17.9 Å². The summed E-state index contributed by atoms with van der Waals surface area (Å²) in [7, 11) is 0. The van der Waals surface area contributed by atoms with E-state index < -0.39 is 54.4 Å². The number of rotatable bonds is 4. The average molecular weight is 543 g/mol. The molecule has 0 aromatic heterocycles. The summed E-state index contributed by atoms with van der Waals surface area (Å²) >= 11 is 6.06. The number of halogens is 1. The van der Waals surface area contributed by atoms with E-state index in [4.69, 9.17) is 35.3 Å². The monoisotopic (exact) mass is 542 g/mol. The maximum atomic E-state index is 14.0. The largest absolute Gasteiger partial charge is 0.342 e. The van der Waals surface area contributed by atoms with Crippen molar-refractivity contribution in [2.45, 2.75) is 89.0 Å².